The van der Waals surface area contributed by atoms with Crippen LogP contribution in [-0.2, 0) is 0 Å². The van der Waals surface area contributed by atoms with Gasteiger partial charge in [0.05, 0.1) is 16.4 Å². The Balaban J connectivity index is 2.11. The van der Waals surface area contributed by atoms with Crippen LogP contribution < -0.4 is 11.1 Å². The maximum Gasteiger partial charge on any atom is 0.157 e. The summed E-state index contributed by atoms with van der Waals surface area (Å²) in [4.78, 5) is 4.65. The van der Waals surface area contributed by atoms with Gasteiger partial charge in [0.1, 0.15) is 5.82 Å². The van der Waals surface area contributed by atoms with Gasteiger partial charge in [-0.25, -0.2) is 4.98 Å². The highest BCUT2D eigenvalue weighted by Gasteiger charge is 2.22. The van der Waals surface area contributed by atoms with Crippen LogP contribution in [0.5, 0.6) is 0 Å². The molecular weight excluding hydrogens is 282 g/mol. The van der Waals surface area contributed by atoms with Crippen LogP contribution in [0.4, 0.5) is 5.82 Å². The molecule has 2 aromatic rings. The molecule has 3 rings (SSSR count). The van der Waals surface area contributed by atoms with Crippen LogP contribution in [0, 0.1) is 0 Å². The fourth-order valence-electron chi connectivity index (χ4n) is 2.32. The first-order valence-electron chi connectivity index (χ1n) is 5.76. The molecule has 0 amide bonds. The van der Waals surface area contributed by atoms with Crippen molar-refractivity contribution in [3.8, 4) is 0 Å². The molecule has 1 aliphatic heterocycles. The number of halogens is 1. The minimum absolute atomic E-state index is 0.431. The van der Waals surface area contributed by atoms with E-state index in [4.69, 9.17) is 5.73 Å². The van der Waals surface area contributed by atoms with E-state index >= 15 is 0 Å². The molecule has 0 radical (unpaired) electrons. The van der Waals surface area contributed by atoms with E-state index in [2.05, 4.69) is 31.3 Å². The van der Waals surface area contributed by atoms with Gasteiger partial charge in [-0.15, -0.1) is 0 Å². The zero-order valence-electron chi connectivity index (χ0n) is 9.36. The number of aromatic nitrogens is 3. The Morgan fingerprint density at radius 2 is 2.41 bits per heavy atom. The molecule has 3 N–H and O–H groups in total. The molecular formula is C11H14BrN5. The topological polar surface area (TPSA) is 68.2 Å². The summed E-state index contributed by atoms with van der Waals surface area (Å²) in [6.07, 6.45) is 4.06. The summed E-state index contributed by atoms with van der Waals surface area (Å²) >= 11 is 3.55. The van der Waals surface area contributed by atoms with Crippen LogP contribution in [0.25, 0.3) is 5.65 Å². The van der Waals surface area contributed by atoms with Crippen molar-refractivity contribution in [2.24, 2.45) is 0 Å². The first-order chi connectivity index (χ1) is 8.27. The largest absolute Gasteiger partial charge is 0.383 e. The van der Waals surface area contributed by atoms with Crippen LogP contribution in [0.2, 0.25) is 0 Å². The number of hydrogen-bond acceptors (Lipinski definition) is 4. The first kappa shape index (κ1) is 11.0. The number of piperidine rings is 1. The van der Waals surface area contributed by atoms with Crippen LogP contribution >= 0.6 is 15.9 Å². The third-order valence-corrected chi connectivity index (χ3v) is 4.03. The maximum absolute atomic E-state index is 6.06. The van der Waals surface area contributed by atoms with E-state index in [-0.39, 0.29) is 0 Å². The van der Waals surface area contributed by atoms with Gasteiger partial charge >= 0.3 is 0 Å². The minimum Gasteiger partial charge on any atom is -0.383 e. The quantitative estimate of drug-likeness (QED) is 0.837. The molecule has 1 atom stereocenters. The highest BCUT2D eigenvalue weighted by Crippen LogP contribution is 2.32. The van der Waals surface area contributed by atoms with E-state index in [9.17, 15) is 0 Å². The average molecular weight is 296 g/mol. The highest BCUT2D eigenvalue weighted by atomic mass is 79.9. The summed E-state index contributed by atoms with van der Waals surface area (Å²) in [6.45, 7) is 2.06. The lowest BCUT2D eigenvalue weighted by atomic mass is 9.96. The summed E-state index contributed by atoms with van der Waals surface area (Å²) in [5.74, 6) is 1.06. The van der Waals surface area contributed by atoms with E-state index in [1.807, 2.05) is 6.07 Å². The van der Waals surface area contributed by atoms with E-state index in [1.54, 1.807) is 10.7 Å². The van der Waals surface area contributed by atoms with E-state index in [1.165, 1.54) is 6.42 Å². The van der Waals surface area contributed by atoms with E-state index in [0.29, 0.717) is 11.7 Å². The minimum atomic E-state index is 0.431. The van der Waals surface area contributed by atoms with Crippen LogP contribution in [0.1, 0.15) is 24.5 Å². The first-order valence-corrected chi connectivity index (χ1v) is 6.56. The second-order valence-corrected chi connectivity index (χ2v) is 5.13. The van der Waals surface area contributed by atoms with Gasteiger partial charge in [0.2, 0.25) is 0 Å². The standard InChI is InChI=1S/C11H14BrN5/c12-9-10(7-2-1-4-14-6-7)16-8-3-5-15-17(8)11(9)13/h3,5,7,14H,1-2,4,6,13H2. The Morgan fingerprint density at radius 1 is 1.53 bits per heavy atom. The van der Waals surface area contributed by atoms with Crippen molar-refractivity contribution in [2.75, 3.05) is 18.8 Å². The fourth-order valence-corrected chi connectivity index (χ4v) is 2.90. The molecule has 0 bridgehead atoms. The van der Waals surface area contributed by atoms with Gasteiger partial charge in [0, 0.05) is 18.5 Å². The number of nitrogens with one attached hydrogen (secondary N) is 1. The molecule has 0 saturated carbocycles. The lowest BCUT2D eigenvalue weighted by Crippen LogP contribution is -2.29. The Hall–Kier alpha value is -1.14. The zero-order chi connectivity index (χ0) is 11.8. The van der Waals surface area contributed by atoms with Gasteiger partial charge in [-0.3, -0.25) is 0 Å². The van der Waals surface area contributed by atoms with Crippen molar-refractivity contribution in [3.63, 3.8) is 0 Å². The summed E-state index contributed by atoms with van der Waals surface area (Å²) in [5, 5.41) is 7.55. The summed E-state index contributed by atoms with van der Waals surface area (Å²) in [5.41, 5.74) is 7.92. The molecule has 0 spiro atoms. The molecule has 1 fully saturated rings. The Bertz CT molecular complexity index is 544. The highest BCUT2D eigenvalue weighted by molar-refractivity contribution is 9.10. The van der Waals surface area contributed by atoms with Gasteiger partial charge in [0.25, 0.3) is 0 Å². The second-order valence-electron chi connectivity index (χ2n) is 4.34. The molecule has 1 saturated heterocycles. The molecule has 0 aromatic carbocycles. The van der Waals surface area contributed by atoms with E-state index < -0.39 is 0 Å². The number of nitrogen functional groups attached to an aromatic ring is 1. The fraction of sp³-hybridized carbons (Fsp3) is 0.455. The smallest absolute Gasteiger partial charge is 0.157 e. The average Bonchev–Trinajstić information content (AvgIpc) is 2.83. The second kappa shape index (κ2) is 4.27. The van der Waals surface area contributed by atoms with Gasteiger partial charge in [-0.05, 0) is 35.3 Å². The van der Waals surface area contributed by atoms with Crippen LogP contribution in [0.15, 0.2) is 16.7 Å². The van der Waals surface area contributed by atoms with Crippen LogP contribution in [0.3, 0.4) is 0 Å². The summed E-state index contributed by atoms with van der Waals surface area (Å²) < 4.78 is 2.53. The molecule has 17 heavy (non-hydrogen) atoms. The lowest BCUT2D eigenvalue weighted by Gasteiger charge is -2.23. The monoisotopic (exact) mass is 295 g/mol. The summed E-state index contributed by atoms with van der Waals surface area (Å²) in [7, 11) is 0. The number of rotatable bonds is 1. The van der Waals surface area contributed by atoms with Crippen molar-refractivity contribution in [1.82, 2.24) is 19.9 Å². The zero-order valence-corrected chi connectivity index (χ0v) is 10.9. The predicted molar refractivity (Wildman–Crippen MR) is 69.9 cm³/mol. The van der Waals surface area contributed by atoms with Crippen molar-refractivity contribution < 1.29 is 0 Å². The number of nitrogens with zero attached hydrogens (tertiary/aromatic N) is 3. The molecule has 5 nitrogen and oxygen atoms in total. The third-order valence-electron chi connectivity index (χ3n) is 3.22. The van der Waals surface area contributed by atoms with Crippen molar-refractivity contribution in [3.05, 3.63) is 22.4 Å². The Labute approximate surface area is 108 Å². The van der Waals surface area contributed by atoms with Crippen molar-refractivity contribution in [1.29, 1.82) is 0 Å². The normalized spacial score (nSPS) is 20.9. The number of fused-ring (bicyclic) bond motifs is 1. The molecule has 2 aromatic heterocycles. The van der Waals surface area contributed by atoms with Gasteiger partial charge in [-0.2, -0.15) is 9.61 Å². The molecule has 6 heteroatoms. The molecule has 3 heterocycles. The van der Waals surface area contributed by atoms with Crippen molar-refractivity contribution >= 4 is 27.4 Å². The van der Waals surface area contributed by atoms with Crippen LogP contribution in [-0.4, -0.2) is 27.7 Å². The third kappa shape index (κ3) is 1.81. The van der Waals surface area contributed by atoms with Gasteiger partial charge in [-0.1, -0.05) is 0 Å². The molecule has 1 unspecified atom stereocenters. The van der Waals surface area contributed by atoms with Gasteiger partial charge < -0.3 is 11.1 Å². The number of hydrogen-bond donors (Lipinski definition) is 2. The molecule has 1 aliphatic rings. The Morgan fingerprint density at radius 3 is 3.18 bits per heavy atom. The maximum atomic E-state index is 6.06. The molecule has 90 valence electrons. The lowest BCUT2D eigenvalue weighted by molar-refractivity contribution is 0.453. The number of anilines is 1. The predicted octanol–water partition coefficient (Wildman–Crippen LogP) is 1.54. The van der Waals surface area contributed by atoms with E-state index in [0.717, 1.165) is 35.3 Å². The van der Waals surface area contributed by atoms with Crippen molar-refractivity contribution in [2.45, 2.75) is 18.8 Å². The number of nitrogens with two attached hydrogens (primary N) is 1. The summed E-state index contributed by atoms with van der Waals surface area (Å²) in [6, 6.07) is 1.88. The molecule has 0 aliphatic carbocycles. The SMILES string of the molecule is Nc1c(Br)c(C2CCCNC2)nc2ccnn12. The Kier molecular flexibility index (Phi) is 2.76. The van der Waals surface area contributed by atoms with Gasteiger partial charge in [0.15, 0.2) is 5.65 Å².